The van der Waals surface area contributed by atoms with E-state index in [1.54, 1.807) is 48.2 Å². The summed E-state index contributed by atoms with van der Waals surface area (Å²) in [7, 11) is 0. The Labute approximate surface area is 193 Å². The summed E-state index contributed by atoms with van der Waals surface area (Å²) in [4.78, 5) is 26.8. The molecule has 1 aromatic heterocycles. The Balaban J connectivity index is 1.38. The van der Waals surface area contributed by atoms with E-state index >= 15 is 0 Å². The minimum absolute atomic E-state index is 0.0150. The molecule has 1 atom stereocenters. The molecule has 1 aliphatic rings. The van der Waals surface area contributed by atoms with Crippen molar-refractivity contribution in [1.82, 2.24) is 15.1 Å². The molecule has 0 aliphatic carbocycles. The molecule has 0 spiro atoms. The Morgan fingerprint density at radius 1 is 1.12 bits per heavy atom. The second-order valence-corrected chi connectivity index (χ2v) is 9.03. The fraction of sp³-hybridized carbons (Fsp3) is 0.273. The predicted octanol–water partition coefficient (Wildman–Crippen LogP) is 5.30. The molecule has 1 fully saturated rings. The van der Waals surface area contributed by atoms with Crippen LogP contribution in [0.15, 0.2) is 42.5 Å². The van der Waals surface area contributed by atoms with Gasteiger partial charge >= 0.3 is 6.03 Å². The van der Waals surface area contributed by atoms with Crippen molar-refractivity contribution < 1.29 is 14.0 Å². The first-order valence-corrected chi connectivity index (χ1v) is 11.3. The number of piperidine rings is 1. The fourth-order valence-corrected chi connectivity index (χ4v) is 4.44. The molecule has 2 N–H and O–H groups in total. The molecule has 0 saturated carbocycles. The Morgan fingerprint density at radius 2 is 1.88 bits per heavy atom. The van der Waals surface area contributed by atoms with Gasteiger partial charge in [-0.1, -0.05) is 29.0 Å². The maximum Gasteiger partial charge on any atom is 0.321 e. The largest absolute Gasteiger partial charge is 0.324 e. The normalized spacial score (nSPS) is 16.0. The van der Waals surface area contributed by atoms with E-state index in [2.05, 4.69) is 20.8 Å². The van der Waals surface area contributed by atoms with E-state index in [0.717, 1.165) is 12.8 Å². The highest BCUT2D eigenvalue weighted by molar-refractivity contribution is 7.13. The van der Waals surface area contributed by atoms with Gasteiger partial charge in [0.05, 0.1) is 0 Å². The van der Waals surface area contributed by atoms with E-state index in [1.807, 2.05) is 0 Å². The van der Waals surface area contributed by atoms with Crippen molar-refractivity contribution in [2.24, 2.45) is 0 Å². The second kappa shape index (κ2) is 9.62. The van der Waals surface area contributed by atoms with Crippen molar-refractivity contribution in [2.45, 2.75) is 25.7 Å². The van der Waals surface area contributed by atoms with Crippen LogP contribution in [-0.2, 0) is 0 Å². The molecule has 1 saturated heterocycles. The standard InChI is InChI=1S/C22H21ClFN5O2S/c1-13-4-7-17(11-18(13)24)26-22(31)29-10-2-3-14(12-29)20-27-28-21(32-20)19(30)25-16-8-5-15(23)6-9-16/h4-9,11,14H,2-3,10,12H2,1H3,(H,25,30)(H,26,31)/t14-/m0/s1. The highest BCUT2D eigenvalue weighted by Crippen LogP contribution is 2.30. The SMILES string of the molecule is Cc1ccc(NC(=O)N2CCC[C@H](c3nnc(C(=O)Nc4ccc(Cl)cc4)s3)C2)cc1F. The predicted molar refractivity (Wildman–Crippen MR) is 123 cm³/mol. The highest BCUT2D eigenvalue weighted by atomic mass is 35.5. The lowest BCUT2D eigenvalue weighted by Crippen LogP contribution is -2.41. The molecule has 1 aliphatic heterocycles. The van der Waals surface area contributed by atoms with Gasteiger partial charge in [0.25, 0.3) is 5.91 Å². The monoisotopic (exact) mass is 473 g/mol. The van der Waals surface area contributed by atoms with Crippen LogP contribution in [0.2, 0.25) is 5.02 Å². The zero-order valence-corrected chi connectivity index (χ0v) is 18.8. The lowest BCUT2D eigenvalue weighted by Gasteiger charge is -2.31. The van der Waals surface area contributed by atoms with Crippen molar-refractivity contribution in [2.75, 3.05) is 23.7 Å². The van der Waals surface area contributed by atoms with Gasteiger partial charge in [-0.3, -0.25) is 4.79 Å². The molecule has 2 aromatic carbocycles. The second-order valence-electron chi connectivity index (χ2n) is 7.59. The fourth-order valence-electron chi connectivity index (χ4n) is 3.45. The minimum Gasteiger partial charge on any atom is -0.324 e. The topological polar surface area (TPSA) is 87.2 Å². The molecular formula is C22H21ClFN5O2S. The maximum absolute atomic E-state index is 13.8. The molecule has 3 aromatic rings. The number of hydrogen-bond acceptors (Lipinski definition) is 5. The molecule has 166 valence electrons. The summed E-state index contributed by atoms with van der Waals surface area (Å²) in [5.41, 5.74) is 1.55. The first-order chi connectivity index (χ1) is 15.4. The number of amides is 3. The van der Waals surface area contributed by atoms with Gasteiger partial charge in [-0.15, -0.1) is 10.2 Å². The van der Waals surface area contributed by atoms with E-state index in [1.165, 1.54) is 17.4 Å². The molecule has 10 heteroatoms. The third-order valence-corrected chi connectivity index (χ3v) is 6.55. The van der Waals surface area contributed by atoms with Crippen molar-refractivity contribution in [1.29, 1.82) is 0 Å². The summed E-state index contributed by atoms with van der Waals surface area (Å²) < 4.78 is 13.8. The maximum atomic E-state index is 13.8. The van der Waals surface area contributed by atoms with Crippen LogP contribution in [0.4, 0.5) is 20.6 Å². The van der Waals surface area contributed by atoms with E-state index in [9.17, 15) is 14.0 Å². The van der Waals surface area contributed by atoms with Crippen LogP contribution in [0.1, 0.15) is 39.1 Å². The number of rotatable bonds is 4. The number of carbonyl (C=O) groups is 2. The highest BCUT2D eigenvalue weighted by Gasteiger charge is 2.28. The Bertz CT molecular complexity index is 1140. The zero-order valence-electron chi connectivity index (χ0n) is 17.3. The molecule has 3 amide bonds. The molecule has 0 bridgehead atoms. The van der Waals surface area contributed by atoms with Crippen LogP contribution in [0.25, 0.3) is 0 Å². The van der Waals surface area contributed by atoms with Gasteiger partial charge < -0.3 is 15.5 Å². The van der Waals surface area contributed by atoms with Gasteiger partial charge in [0.2, 0.25) is 5.01 Å². The van der Waals surface area contributed by atoms with Crippen LogP contribution in [0, 0.1) is 12.7 Å². The van der Waals surface area contributed by atoms with E-state index in [4.69, 9.17) is 11.6 Å². The average molecular weight is 474 g/mol. The number of benzene rings is 2. The lowest BCUT2D eigenvalue weighted by atomic mass is 9.99. The Hall–Kier alpha value is -3.04. The third-order valence-electron chi connectivity index (χ3n) is 5.22. The van der Waals surface area contributed by atoms with E-state index in [0.29, 0.717) is 40.1 Å². The van der Waals surface area contributed by atoms with Crippen LogP contribution >= 0.6 is 22.9 Å². The number of carbonyl (C=O) groups excluding carboxylic acids is 2. The molecule has 32 heavy (non-hydrogen) atoms. The summed E-state index contributed by atoms with van der Waals surface area (Å²) in [5, 5.41) is 15.3. The quantitative estimate of drug-likeness (QED) is 0.538. The van der Waals surface area contributed by atoms with E-state index in [-0.39, 0.29) is 28.7 Å². The van der Waals surface area contributed by atoms with Gasteiger partial charge in [-0.2, -0.15) is 0 Å². The number of nitrogens with one attached hydrogen (secondary N) is 2. The Kier molecular flexibility index (Phi) is 6.66. The average Bonchev–Trinajstić information content (AvgIpc) is 3.28. The van der Waals surface area contributed by atoms with Gasteiger partial charge in [0.1, 0.15) is 10.8 Å². The lowest BCUT2D eigenvalue weighted by molar-refractivity contribution is 0.102. The summed E-state index contributed by atoms with van der Waals surface area (Å²) >= 11 is 7.09. The van der Waals surface area contributed by atoms with Gasteiger partial charge in [0, 0.05) is 35.4 Å². The smallest absolute Gasteiger partial charge is 0.321 e. The van der Waals surface area contributed by atoms with Gasteiger partial charge in [-0.25, -0.2) is 9.18 Å². The number of urea groups is 1. The van der Waals surface area contributed by atoms with Crippen molar-refractivity contribution >= 4 is 46.3 Å². The van der Waals surface area contributed by atoms with Crippen molar-refractivity contribution in [3.05, 3.63) is 68.9 Å². The Morgan fingerprint density at radius 3 is 2.62 bits per heavy atom. The number of aryl methyl sites for hydroxylation is 1. The number of hydrogen-bond donors (Lipinski definition) is 2. The summed E-state index contributed by atoms with van der Waals surface area (Å²) in [6.45, 7) is 2.72. The van der Waals surface area contributed by atoms with Crippen LogP contribution in [0.3, 0.4) is 0 Å². The van der Waals surface area contributed by atoms with Crippen molar-refractivity contribution in [3.63, 3.8) is 0 Å². The summed E-state index contributed by atoms with van der Waals surface area (Å²) in [5.74, 6) is -0.723. The van der Waals surface area contributed by atoms with Crippen molar-refractivity contribution in [3.8, 4) is 0 Å². The number of aromatic nitrogens is 2. The molecular weight excluding hydrogens is 453 g/mol. The third kappa shape index (κ3) is 5.23. The summed E-state index contributed by atoms with van der Waals surface area (Å²) in [6, 6.07) is 11.1. The first kappa shape index (κ1) is 22.2. The summed E-state index contributed by atoms with van der Waals surface area (Å²) in [6.07, 6.45) is 1.64. The first-order valence-electron chi connectivity index (χ1n) is 10.1. The zero-order chi connectivity index (χ0) is 22.7. The van der Waals surface area contributed by atoms with Gasteiger partial charge in [-0.05, 0) is 61.7 Å². The number of nitrogens with zero attached hydrogens (tertiary/aromatic N) is 3. The number of anilines is 2. The van der Waals surface area contributed by atoms with Crippen LogP contribution < -0.4 is 10.6 Å². The molecule has 0 unspecified atom stereocenters. The molecule has 4 rings (SSSR count). The van der Waals surface area contributed by atoms with E-state index < -0.39 is 0 Å². The van der Waals surface area contributed by atoms with Gasteiger partial charge in [0.15, 0.2) is 0 Å². The molecule has 7 nitrogen and oxygen atoms in total. The van der Waals surface area contributed by atoms with Crippen LogP contribution in [-0.4, -0.2) is 40.1 Å². The number of likely N-dealkylation sites (tertiary alicyclic amines) is 1. The molecule has 0 radical (unpaired) electrons. The van der Waals surface area contributed by atoms with Crippen LogP contribution in [0.5, 0.6) is 0 Å². The minimum atomic E-state index is -0.363. The number of halogens is 2. The molecule has 2 heterocycles.